The number of carbonyl (C=O) groups excluding carboxylic acids is 1. The first kappa shape index (κ1) is 16.6. The molecule has 3 aromatic rings. The summed E-state index contributed by atoms with van der Waals surface area (Å²) in [5, 5.41) is 11.1. The number of halogens is 1. The molecule has 0 bridgehead atoms. The van der Waals surface area contributed by atoms with Gasteiger partial charge in [-0.15, -0.1) is 0 Å². The number of rotatable bonds is 4. The first-order chi connectivity index (χ1) is 12.5. The zero-order chi connectivity index (χ0) is 18.3. The number of nitrogens with zero attached hydrogens (tertiary/aromatic N) is 4. The summed E-state index contributed by atoms with van der Waals surface area (Å²) in [6.07, 6.45) is 1.70. The Morgan fingerprint density at radius 2 is 2.23 bits per heavy atom. The van der Waals surface area contributed by atoms with E-state index in [1.807, 2.05) is 36.1 Å². The average Bonchev–Trinajstić information content (AvgIpc) is 3.23. The number of nitrogens with two attached hydrogens (primary N) is 1. The third-order valence-corrected chi connectivity index (χ3v) is 4.69. The van der Waals surface area contributed by atoms with Gasteiger partial charge >= 0.3 is 0 Å². The molecule has 4 rings (SSSR count). The monoisotopic (exact) mass is 371 g/mol. The van der Waals surface area contributed by atoms with Crippen molar-refractivity contribution in [1.82, 2.24) is 20.2 Å². The number of primary amides is 1. The van der Waals surface area contributed by atoms with Gasteiger partial charge in [0.05, 0.1) is 5.52 Å². The lowest BCUT2D eigenvalue weighted by Crippen LogP contribution is -2.40. The van der Waals surface area contributed by atoms with E-state index in [-0.39, 0.29) is 17.2 Å². The number of nitrogens with one attached hydrogen (secondary N) is 2. The van der Waals surface area contributed by atoms with Crippen molar-refractivity contribution in [1.29, 1.82) is 0 Å². The highest BCUT2D eigenvalue weighted by atomic mass is 35.5. The number of H-pyrrole nitrogens is 1. The molecule has 9 heteroatoms. The van der Waals surface area contributed by atoms with Crippen molar-refractivity contribution in [2.75, 3.05) is 16.8 Å². The molecule has 1 fully saturated rings. The number of benzene rings is 1. The third-order valence-electron chi connectivity index (χ3n) is 4.52. The molecule has 4 N–H and O–H groups in total. The Morgan fingerprint density at radius 3 is 2.96 bits per heavy atom. The number of aromatic nitrogens is 4. The van der Waals surface area contributed by atoms with Crippen LogP contribution < -0.4 is 16.0 Å². The summed E-state index contributed by atoms with van der Waals surface area (Å²) in [6.45, 7) is 2.70. The van der Waals surface area contributed by atoms with E-state index in [4.69, 9.17) is 17.3 Å². The molecule has 26 heavy (non-hydrogen) atoms. The maximum absolute atomic E-state index is 11.7. The highest BCUT2D eigenvalue weighted by molar-refractivity contribution is 6.28. The maximum atomic E-state index is 11.7. The minimum Gasteiger partial charge on any atom is -0.368 e. The fourth-order valence-electron chi connectivity index (χ4n) is 3.34. The number of amides is 1. The Kier molecular flexibility index (Phi) is 4.12. The number of hydrogen-bond donors (Lipinski definition) is 3. The van der Waals surface area contributed by atoms with Crippen LogP contribution in [0.4, 0.5) is 17.3 Å². The van der Waals surface area contributed by atoms with E-state index in [1.165, 1.54) is 0 Å². The van der Waals surface area contributed by atoms with E-state index in [0.717, 1.165) is 36.2 Å². The second kappa shape index (κ2) is 6.45. The van der Waals surface area contributed by atoms with Crippen LogP contribution in [0, 0.1) is 6.92 Å². The quantitative estimate of drug-likeness (QED) is 0.607. The Morgan fingerprint density at radius 1 is 1.38 bits per heavy atom. The van der Waals surface area contributed by atoms with Crippen LogP contribution in [0.25, 0.3) is 10.9 Å². The molecule has 3 heterocycles. The van der Waals surface area contributed by atoms with E-state index < -0.39 is 0 Å². The van der Waals surface area contributed by atoms with Crippen LogP contribution in [0.5, 0.6) is 0 Å². The standard InChI is InChI=1S/C17H18ClN7O/c1-9-7-14(24-23-9)21-16-11-5-4-10(8-12(11)20-17(18)22-16)25-6-2-3-13(25)15(19)26/h4-5,7-8,13H,2-3,6H2,1H3,(H2,19,26)(H2,20,21,22,23,24). The number of fused-ring (bicyclic) bond motifs is 1. The number of aryl methyl sites for hydroxylation is 1. The molecule has 2 aromatic heterocycles. The van der Waals surface area contributed by atoms with Crippen LogP contribution >= 0.6 is 11.6 Å². The molecule has 8 nitrogen and oxygen atoms in total. The van der Waals surface area contributed by atoms with Gasteiger partial charge in [0.2, 0.25) is 11.2 Å². The van der Waals surface area contributed by atoms with E-state index >= 15 is 0 Å². The maximum Gasteiger partial charge on any atom is 0.240 e. The highest BCUT2D eigenvalue weighted by Gasteiger charge is 2.29. The topological polar surface area (TPSA) is 113 Å². The molecule has 0 spiro atoms. The summed E-state index contributed by atoms with van der Waals surface area (Å²) in [6, 6.07) is 7.36. The van der Waals surface area contributed by atoms with Gasteiger partial charge in [-0.1, -0.05) is 0 Å². The van der Waals surface area contributed by atoms with Gasteiger partial charge in [0.1, 0.15) is 11.9 Å². The summed E-state index contributed by atoms with van der Waals surface area (Å²) in [7, 11) is 0. The van der Waals surface area contributed by atoms with Crippen molar-refractivity contribution in [2.24, 2.45) is 5.73 Å². The molecule has 1 aliphatic heterocycles. The molecule has 0 saturated carbocycles. The third kappa shape index (κ3) is 3.03. The smallest absolute Gasteiger partial charge is 0.240 e. The Balaban J connectivity index is 1.73. The lowest BCUT2D eigenvalue weighted by molar-refractivity contribution is -0.119. The van der Waals surface area contributed by atoms with Crippen molar-refractivity contribution in [2.45, 2.75) is 25.8 Å². The second-order valence-corrected chi connectivity index (χ2v) is 6.70. The van der Waals surface area contributed by atoms with Gasteiger partial charge in [0, 0.05) is 29.4 Å². The Hall–Kier alpha value is -2.87. The van der Waals surface area contributed by atoms with Crippen LogP contribution in [-0.4, -0.2) is 38.7 Å². The van der Waals surface area contributed by atoms with Gasteiger partial charge in [-0.2, -0.15) is 10.1 Å². The molecule has 1 atom stereocenters. The fourth-order valence-corrected chi connectivity index (χ4v) is 3.51. The second-order valence-electron chi connectivity index (χ2n) is 6.36. The lowest BCUT2D eigenvalue weighted by Gasteiger charge is -2.24. The van der Waals surface area contributed by atoms with Crippen molar-refractivity contribution in [3.8, 4) is 0 Å². The predicted octanol–water partition coefficient (Wildman–Crippen LogP) is 2.51. The van der Waals surface area contributed by atoms with Gasteiger partial charge in [0.15, 0.2) is 5.82 Å². The van der Waals surface area contributed by atoms with Crippen LogP contribution in [0.2, 0.25) is 5.28 Å². The number of carbonyl (C=O) groups is 1. The van der Waals surface area contributed by atoms with Gasteiger partial charge in [0.25, 0.3) is 0 Å². The van der Waals surface area contributed by atoms with Crippen molar-refractivity contribution in [3.05, 3.63) is 35.2 Å². The largest absolute Gasteiger partial charge is 0.368 e. The molecule has 0 radical (unpaired) electrons. The van der Waals surface area contributed by atoms with Crippen LogP contribution in [-0.2, 0) is 4.79 Å². The fraction of sp³-hybridized carbons (Fsp3) is 0.294. The van der Waals surface area contributed by atoms with E-state index in [2.05, 4.69) is 25.5 Å². The average molecular weight is 372 g/mol. The zero-order valence-electron chi connectivity index (χ0n) is 14.2. The summed E-state index contributed by atoms with van der Waals surface area (Å²) in [5.41, 5.74) is 8.05. The van der Waals surface area contributed by atoms with Crippen LogP contribution in [0.3, 0.4) is 0 Å². The Labute approximate surface area is 154 Å². The first-order valence-electron chi connectivity index (χ1n) is 8.33. The summed E-state index contributed by atoms with van der Waals surface area (Å²) >= 11 is 6.11. The molecule has 134 valence electrons. The molecule has 1 aliphatic rings. The van der Waals surface area contributed by atoms with E-state index in [1.54, 1.807) is 0 Å². The number of hydrogen-bond acceptors (Lipinski definition) is 6. The van der Waals surface area contributed by atoms with Crippen molar-refractivity contribution >= 4 is 45.7 Å². The molecule has 1 aromatic carbocycles. The molecule has 1 unspecified atom stereocenters. The lowest BCUT2D eigenvalue weighted by atomic mass is 10.1. The van der Waals surface area contributed by atoms with Crippen LogP contribution in [0.1, 0.15) is 18.5 Å². The van der Waals surface area contributed by atoms with Crippen LogP contribution in [0.15, 0.2) is 24.3 Å². The van der Waals surface area contributed by atoms with Crippen molar-refractivity contribution in [3.63, 3.8) is 0 Å². The molecule has 1 saturated heterocycles. The van der Waals surface area contributed by atoms with Crippen molar-refractivity contribution < 1.29 is 4.79 Å². The van der Waals surface area contributed by atoms with E-state index in [0.29, 0.717) is 17.2 Å². The molecule has 1 amide bonds. The molecular weight excluding hydrogens is 354 g/mol. The molecular formula is C17H18ClN7O. The predicted molar refractivity (Wildman–Crippen MR) is 101 cm³/mol. The minimum absolute atomic E-state index is 0.136. The van der Waals surface area contributed by atoms with Gasteiger partial charge < -0.3 is 16.0 Å². The summed E-state index contributed by atoms with van der Waals surface area (Å²) in [4.78, 5) is 22.3. The normalized spacial score (nSPS) is 17.0. The Bertz CT molecular complexity index is 986. The first-order valence-corrected chi connectivity index (χ1v) is 8.71. The van der Waals surface area contributed by atoms with Gasteiger partial charge in [-0.05, 0) is 49.6 Å². The summed E-state index contributed by atoms with van der Waals surface area (Å²) in [5.74, 6) is 0.918. The van der Waals surface area contributed by atoms with E-state index in [9.17, 15) is 4.79 Å². The van der Waals surface area contributed by atoms with Gasteiger partial charge in [-0.25, -0.2) is 4.98 Å². The highest BCUT2D eigenvalue weighted by Crippen LogP contribution is 2.31. The molecule has 0 aliphatic carbocycles. The number of aromatic amines is 1. The van der Waals surface area contributed by atoms with Gasteiger partial charge in [-0.3, -0.25) is 9.89 Å². The summed E-state index contributed by atoms with van der Waals surface area (Å²) < 4.78 is 0. The SMILES string of the molecule is Cc1cc(Nc2nc(Cl)nc3cc(N4CCCC4C(N)=O)ccc23)n[nH]1. The minimum atomic E-state index is -0.306. The number of anilines is 3. The zero-order valence-corrected chi connectivity index (χ0v) is 14.9.